The molecule has 10 heteroatoms. The number of esters is 1. The van der Waals surface area contributed by atoms with Crippen LogP contribution in [0.5, 0.6) is 0 Å². The molecule has 2 heterocycles. The van der Waals surface area contributed by atoms with Crippen LogP contribution < -0.4 is 15.5 Å². The zero-order valence-corrected chi connectivity index (χ0v) is 18.9. The molecular formula is C25H20N6O4. The molecule has 4 aromatic rings. The van der Waals surface area contributed by atoms with Crippen molar-refractivity contribution in [2.45, 2.75) is 6.61 Å². The molecule has 0 unspecified atom stereocenters. The van der Waals surface area contributed by atoms with Gasteiger partial charge in [-0.25, -0.2) is 9.69 Å². The summed E-state index contributed by atoms with van der Waals surface area (Å²) in [6.07, 6.45) is 0. The fourth-order valence-electron chi connectivity index (χ4n) is 3.91. The largest absolute Gasteiger partial charge is 0.454 e. The zero-order chi connectivity index (χ0) is 24.7. The van der Waals surface area contributed by atoms with E-state index in [1.54, 1.807) is 43.3 Å². The Morgan fingerprint density at radius 1 is 0.914 bits per heavy atom. The average molecular weight is 468 g/mol. The summed E-state index contributed by atoms with van der Waals surface area (Å²) in [4.78, 5) is 53.8. The van der Waals surface area contributed by atoms with Crippen LogP contribution in [0.1, 0.15) is 36.9 Å². The molecule has 10 nitrogen and oxygen atoms in total. The molecule has 3 aromatic carbocycles. The van der Waals surface area contributed by atoms with Crippen LogP contribution in [0.15, 0.2) is 60.7 Å². The molecule has 0 spiro atoms. The SMILES string of the molecule is CN(C)c1nc(N)nc(COC(=O)c2ccc(N3C(=O)c4cccc5cccc(c45)C3=O)cc2)n1. The predicted octanol–water partition coefficient (Wildman–Crippen LogP) is 2.83. The minimum Gasteiger partial charge on any atom is -0.454 e. The third-order valence-electron chi connectivity index (χ3n) is 5.55. The van der Waals surface area contributed by atoms with Crippen molar-refractivity contribution in [3.63, 3.8) is 0 Å². The van der Waals surface area contributed by atoms with E-state index in [-0.39, 0.29) is 23.9 Å². The fourth-order valence-corrected chi connectivity index (χ4v) is 3.91. The third-order valence-corrected chi connectivity index (χ3v) is 5.55. The van der Waals surface area contributed by atoms with Crippen LogP contribution in [-0.2, 0) is 11.3 Å². The van der Waals surface area contributed by atoms with Crippen LogP contribution in [0.3, 0.4) is 0 Å². The van der Waals surface area contributed by atoms with E-state index in [0.717, 1.165) is 10.3 Å². The number of imide groups is 1. The van der Waals surface area contributed by atoms with E-state index in [4.69, 9.17) is 10.5 Å². The molecule has 0 bridgehead atoms. The Kier molecular flexibility index (Phi) is 5.33. The number of anilines is 3. The van der Waals surface area contributed by atoms with Crippen LogP contribution in [0.4, 0.5) is 17.6 Å². The lowest BCUT2D eigenvalue weighted by molar-refractivity contribution is 0.0462. The molecule has 0 aliphatic carbocycles. The summed E-state index contributed by atoms with van der Waals surface area (Å²) in [6, 6.07) is 16.8. The number of hydrogen-bond acceptors (Lipinski definition) is 9. The molecule has 0 saturated carbocycles. The summed E-state index contributed by atoms with van der Waals surface area (Å²) >= 11 is 0. The number of carbonyl (C=O) groups is 3. The minimum atomic E-state index is -0.617. The second-order valence-corrected chi connectivity index (χ2v) is 8.08. The Balaban J connectivity index is 1.35. The lowest BCUT2D eigenvalue weighted by Gasteiger charge is -2.27. The number of nitrogens with two attached hydrogens (primary N) is 1. The minimum absolute atomic E-state index is 0.0206. The van der Waals surface area contributed by atoms with E-state index >= 15 is 0 Å². The second-order valence-electron chi connectivity index (χ2n) is 8.08. The van der Waals surface area contributed by atoms with Gasteiger partial charge < -0.3 is 15.4 Å². The first-order valence-electron chi connectivity index (χ1n) is 10.7. The monoisotopic (exact) mass is 468 g/mol. The van der Waals surface area contributed by atoms with Crippen molar-refractivity contribution in [1.82, 2.24) is 15.0 Å². The highest BCUT2D eigenvalue weighted by Gasteiger charge is 2.33. The summed E-state index contributed by atoms with van der Waals surface area (Å²) in [5.41, 5.74) is 7.19. The number of carbonyl (C=O) groups excluding carboxylic acids is 3. The maximum atomic E-state index is 13.2. The number of benzene rings is 3. The van der Waals surface area contributed by atoms with E-state index in [1.807, 2.05) is 12.1 Å². The van der Waals surface area contributed by atoms with Gasteiger partial charge in [-0.05, 0) is 41.8 Å². The Bertz CT molecular complexity index is 1450. The number of hydrogen-bond donors (Lipinski definition) is 1. The van der Waals surface area contributed by atoms with Crippen LogP contribution in [-0.4, -0.2) is 46.8 Å². The molecule has 2 N–H and O–H groups in total. The number of nitrogens with zero attached hydrogens (tertiary/aromatic N) is 5. The van der Waals surface area contributed by atoms with E-state index in [9.17, 15) is 14.4 Å². The van der Waals surface area contributed by atoms with Gasteiger partial charge >= 0.3 is 5.97 Å². The number of nitrogen functional groups attached to an aromatic ring is 1. The lowest BCUT2D eigenvalue weighted by Crippen LogP contribution is -2.40. The van der Waals surface area contributed by atoms with Crippen LogP contribution in [0.25, 0.3) is 10.8 Å². The summed E-state index contributed by atoms with van der Waals surface area (Å²) < 4.78 is 5.30. The van der Waals surface area contributed by atoms with Crippen LogP contribution >= 0.6 is 0 Å². The molecule has 2 amide bonds. The van der Waals surface area contributed by atoms with Gasteiger partial charge in [-0.15, -0.1) is 0 Å². The van der Waals surface area contributed by atoms with Gasteiger partial charge in [-0.2, -0.15) is 15.0 Å². The first kappa shape index (κ1) is 22.0. The molecule has 5 rings (SSSR count). The summed E-state index contributed by atoms with van der Waals surface area (Å²) in [5, 5.41) is 1.48. The first-order valence-corrected chi connectivity index (χ1v) is 10.7. The molecule has 0 fully saturated rings. The van der Waals surface area contributed by atoms with Crippen molar-refractivity contribution < 1.29 is 19.1 Å². The maximum Gasteiger partial charge on any atom is 0.338 e. The number of rotatable bonds is 5. The van der Waals surface area contributed by atoms with Gasteiger partial charge in [-0.3, -0.25) is 9.59 Å². The van der Waals surface area contributed by atoms with Crippen molar-refractivity contribution in [3.05, 3.63) is 83.2 Å². The third kappa shape index (κ3) is 3.90. The van der Waals surface area contributed by atoms with Crippen LogP contribution in [0, 0.1) is 0 Å². The summed E-state index contributed by atoms with van der Waals surface area (Å²) in [6.45, 7) is -0.196. The molecular weight excluding hydrogens is 448 g/mol. The first-order chi connectivity index (χ1) is 16.8. The lowest BCUT2D eigenvalue weighted by atomic mass is 9.94. The fraction of sp³-hybridized carbons (Fsp3) is 0.120. The molecule has 35 heavy (non-hydrogen) atoms. The van der Waals surface area contributed by atoms with Gasteiger partial charge in [0, 0.05) is 30.6 Å². The highest BCUT2D eigenvalue weighted by atomic mass is 16.5. The average Bonchev–Trinajstić information content (AvgIpc) is 2.86. The topological polar surface area (TPSA) is 132 Å². The molecule has 1 aromatic heterocycles. The Morgan fingerprint density at radius 2 is 1.54 bits per heavy atom. The number of ether oxygens (including phenoxy) is 1. The highest BCUT2D eigenvalue weighted by Crippen LogP contribution is 2.32. The van der Waals surface area contributed by atoms with E-state index in [0.29, 0.717) is 28.1 Å². The van der Waals surface area contributed by atoms with Gasteiger partial charge in [0.2, 0.25) is 11.9 Å². The Hall–Kier alpha value is -4.86. The molecule has 0 saturated heterocycles. The van der Waals surface area contributed by atoms with Crippen molar-refractivity contribution in [2.24, 2.45) is 0 Å². The standard InChI is InChI=1S/C25H20N6O4/c1-30(2)25-28-19(27-24(26)29-25)13-35-23(34)15-9-11-16(12-10-15)31-21(32)17-7-3-5-14-6-4-8-18(20(14)17)22(31)33/h3-12H,13H2,1-2H3,(H2,26,27,28,29). The van der Waals surface area contributed by atoms with Crippen molar-refractivity contribution in [1.29, 1.82) is 0 Å². The summed E-state index contributed by atoms with van der Waals surface area (Å²) in [7, 11) is 3.51. The van der Waals surface area contributed by atoms with Gasteiger partial charge in [0.15, 0.2) is 12.4 Å². The van der Waals surface area contributed by atoms with Crippen molar-refractivity contribution >= 4 is 46.1 Å². The van der Waals surface area contributed by atoms with Gasteiger partial charge in [0.1, 0.15) is 0 Å². The number of amides is 2. The van der Waals surface area contributed by atoms with Crippen molar-refractivity contribution in [3.8, 4) is 0 Å². The molecule has 174 valence electrons. The zero-order valence-electron chi connectivity index (χ0n) is 18.9. The second kappa shape index (κ2) is 8.49. The molecule has 1 aliphatic heterocycles. The molecule has 0 radical (unpaired) electrons. The summed E-state index contributed by atoms with van der Waals surface area (Å²) in [5.74, 6) is -0.873. The normalized spacial score (nSPS) is 12.7. The molecule has 0 atom stereocenters. The Labute approximate surface area is 200 Å². The van der Waals surface area contributed by atoms with Crippen molar-refractivity contribution in [2.75, 3.05) is 29.6 Å². The molecule has 1 aliphatic rings. The smallest absolute Gasteiger partial charge is 0.338 e. The van der Waals surface area contributed by atoms with E-state index < -0.39 is 17.8 Å². The number of aromatic nitrogens is 3. The predicted molar refractivity (Wildman–Crippen MR) is 129 cm³/mol. The van der Waals surface area contributed by atoms with Gasteiger partial charge in [0.05, 0.1) is 11.3 Å². The highest BCUT2D eigenvalue weighted by molar-refractivity contribution is 6.35. The van der Waals surface area contributed by atoms with Gasteiger partial charge in [0.25, 0.3) is 11.8 Å². The van der Waals surface area contributed by atoms with Crippen LogP contribution in [0.2, 0.25) is 0 Å². The van der Waals surface area contributed by atoms with E-state index in [1.165, 1.54) is 24.3 Å². The quantitative estimate of drug-likeness (QED) is 0.347. The maximum absolute atomic E-state index is 13.2. The Morgan fingerprint density at radius 3 is 2.14 bits per heavy atom. The van der Waals surface area contributed by atoms with E-state index in [2.05, 4.69) is 15.0 Å². The van der Waals surface area contributed by atoms with Gasteiger partial charge in [-0.1, -0.05) is 24.3 Å².